The molecule has 3 aromatic rings. The zero-order chi connectivity index (χ0) is 26.5. The van der Waals surface area contributed by atoms with Crippen LogP contribution in [0.1, 0.15) is 54.7 Å². The first kappa shape index (κ1) is 26.5. The molecular formula is C30H34FN3O3S. The van der Waals surface area contributed by atoms with E-state index >= 15 is 0 Å². The molecule has 200 valence electrons. The molecule has 0 radical (unpaired) electrons. The van der Waals surface area contributed by atoms with Crippen LogP contribution in [0.5, 0.6) is 0 Å². The van der Waals surface area contributed by atoms with E-state index in [0.717, 1.165) is 61.6 Å². The van der Waals surface area contributed by atoms with Gasteiger partial charge >= 0.3 is 0 Å². The van der Waals surface area contributed by atoms with E-state index < -0.39 is 10.0 Å². The smallest absolute Gasteiger partial charge is 0.240 e. The molecule has 1 fully saturated rings. The second kappa shape index (κ2) is 11.7. The molecule has 5 rings (SSSR count). The Bertz CT molecular complexity index is 1340. The summed E-state index contributed by atoms with van der Waals surface area (Å²) < 4.78 is 41.7. The molecular weight excluding hydrogens is 501 g/mol. The van der Waals surface area contributed by atoms with E-state index in [4.69, 9.17) is 0 Å². The van der Waals surface area contributed by atoms with Crippen molar-refractivity contribution in [3.63, 3.8) is 0 Å². The van der Waals surface area contributed by atoms with Crippen molar-refractivity contribution in [1.82, 2.24) is 15.0 Å². The number of aryl methyl sites for hydroxylation is 1. The molecule has 0 unspecified atom stereocenters. The van der Waals surface area contributed by atoms with Crippen LogP contribution in [0.15, 0.2) is 78.0 Å². The Morgan fingerprint density at radius 3 is 2.50 bits per heavy atom. The molecule has 0 saturated heterocycles. The largest absolute Gasteiger partial charge is 0.352 e. The summed E-state index contributed by atoms with van der Waals surface area (Å²) in [5.41, 5.74) is 3.21. The number of carbonyl (C=O) groups is 1. The number of hydrogen-bond acceptors (Lipinski definition) is 4. The highest BCUT2D eigenvalue weighted by Crippen LogP contribution is 2.36. The van der Waals surface area contributed by atoms with Gasteiger partial charge < -0.3 is 5.32 Å². The number of sulfonamides is 1. The summed E-state index contributed by atoms with van der Waals surface area (Å²) in [6.45, 7) is 0.384. The molecule has 1 aromatic heterocycles. The molecule has 2 aromatic carbocycles. The SMILES string of the molecule is O=C(N[C@@H]1CCc2cc(F)ccc2[C@@H]1Cc1cccnc1)C1CCC(CNS(=O)(=O)c2ccccc2)CC1. The second-order valence-corrected chi connectivity index (χ2v) is 12.3. The van der Waals surface area contributed by atoms with Crippen molar-refractivity contribution in [2.75, 3.05) is 6.54 Å². The molecule has 0 aliphatic heterocycles. The summed E-state index contributed by atoms with van der Waals surface area (Å²) in [4.78, 5) is 17.9. The van der Waals surface area contributed by atoms with Gasteiger partial charge in [0.15, 0.2) is 0 Å². The van der Waals surface area contributed by atoms with Gasteiger partial charge in [0.1, 0.15) is 5.82 Å². The summed E-state index contributed by atoms with van der Waals surface area (Å²) in [5.74, 6) is 0.0310. The second-order valence-electron chi connectivity index (χ2n) is 10.6. The molecule has 1 heterocycles. The topological polar surface area (TPSA) is 88.2 Å². The van der Waals surface area contributed by atoms with E-state index in [1.807, 2.05) is 24.4 Å². The van der Waals surface area contributed by atoms with Crippen molar-refractivity contribution in [3.05, 3.63) is 95.6 Å². The third kappa shape index (κ3) is 6.30. The molecule has 2 atom stereocenters. The van der Waals surface area contributed by atoms with Crippen molar-refractivity contribution in [2.24, 2.45) is 11.8 Å². The van der Waals surface area contributed by atoms with Gasteiger partial charge in [-0.2, -0.15) is 0 Å². The van der Waals surface area contributed by atoms with E-state index in [2.05, 4.69) is 15.0 Å². The fraction of sp³-hybridized carbons (Fsp3) is 0.400. The lowest BCUT2D eigenvalue weighted by molar-refractivity contribution is -0.127. The number of carbonyl (C=O) groups excluding carboxylic acids is 1. The predicted octanol–water partition coefficient (Wildman–Crippen LogP) is 4.76. The van der Waals surface area contributed by atoms with Crippen molar-refractivity contribution >= 4 is 15.9 Å². The van der Waals surface area contributed by atoms with Crippen LogP contribution in [-0.2, 0) is 27.7 Å². The number of nitrogens with zero attached hydrogens (tertiary/aromatic N) is 1. The highest BCUT2D eigenvalue weighted by atomic mass is 32.2. The van der Waals surface area contributed by atoms with Crippen LogP contribution in [-0.4, -0.2) is 31.9 Å². The molecule has 8 heteroatoms. The van der Waals surface area contributed by atoms with Gasteiger partial charge in [0.2, 0.25) is 15.9 Å². The van der Waals surface area contributed by atoms with Crippen LogP contribution in [0, 0.1) is 17.7 Å². The summed E-state index contributed by atoms with van der Waals surface area (Å²) in [6, 6.07) is 17.3. The number of benzene rings is 2. The number of rotatable bonds is 8. The number of halogens is 1. The Kier molecular flexibility index (Phi) is 8.19. The van der Waals surface area contributed by atoms with Crippen LogP contribution in [0.4, 0.5) is 4.39 Å². The van der Waals surface area contributed by atoms with Gasteiger partial charge in [-0.3, -0.25) is 9.78 Å². The maximum atomic E-state index is 13.9. The Hall–Kier alpha value is -3.10. The molecule has 1 saturated carbocycles. The van der Waals surface area contributed by atoms with Gasteiger partial charge in [-0.1, -0.05) is 30.3 Å². The Morgan fingerprint density at radius 2 is 1.76 bits per heavy atom. The fourth-order valence-corrected chi connectivity index (χ4v) is 7.06. The van der Waals surface area contributed by atoms with Crippen LogP contribution in [0.2, 0.25) is 0 Å². The minimum absolute atomic E-state index is 0.0314. The van der Waals surface area contributed by atoms with E-state index in [0.29, 0.717) is 6.54 Å². The monoisotopic (exact) mass is 535 g/mol. The highest BCUT2D eigenvalue weighted by Gasteiger charge is 2.34. The van der Waals surface area contributed by atoms with Gasteiger partial charge in [0.05, 0.1) is 4.90 Å². The van der Waals surface area contributed by atoms with Crippen LogP contribution >= 0.6 is 0 Å². The first-order chi connectivity index (χ1) is 18.4. The van der Waals surface area contributed by atoms with Gasteiger partial charge in [-0.05, 0) is 97.9 Å². The zero-order valence-corrected chi connectivity index (χ0v) is 22.2. The van der Waals surface area contributed by atoms with Gasteiger partial charge in [0, 0.05) is 36.8 Å². The lowest BCUT2D eigenvalue weighted by Gasteiger charge is -2.36. The minimum atomic E-state index is -3.53. The highest BCUT2D eigenvalue weighted by molar-refractivity contribution is 7.89. The van der Waals surface area contributed by atoms with Crippen molar-refractivity contribution < 1.29 is 17.6 Å². The quantitative estimate of drug-likeness (QED) is 0.435. The van der Waals surface area contributed by atoms with Gasteiger partial charge in [0.25, 0.3) is 0 Å². The Morgan fingerprint density at radius 1 is 0.974 bits per heavy atom. The van der Waals surface area contributed by atoms with Crippen molar-refractivity contribution in [3.8, 4) is 0 Å². The summed E-state index contributed by atoms with van der Waals surface area (Å²) in [6.07, 6.45) is 8.92. The molecule has 2 aliphatic rings. The molecule has 1 amide bonds. The van der Waals surface area contributed by atoms with Gasteiger partial charge in [-0.25, -0.2) is 17.5 Å². The molecule has 2 aliphatic carbocycles. The van der Waals surface area contributed by atoms with Gasteiger partial charge in [-0.15, -0.1) is 0 Å². The molecule has 6 nitrogen and oxygen atoms in total. The number of fused-ring (bicyclic) bond motifs is 1. The lowest BCUT2D eigenvalue weighted by Crippen LogP contribution is -2.46. The predicted molar refractivity (Wildman–Crippen MR) is 144 cm³/mol. The van der Waals surface area contributed by atoms with Crippen LogP contribution in [0.25, 0.3) is 0 Å². The lowest BCUT2D eigenvalue weighted by atomic mass is 9.75. The van der Waals surface area contributed by atoms with Crippen LogP contribution in [0.3, 0.4) is 0 Å². The minimum Gasteiger partial charge on any atom is -0.352 e. The van der Waals surface area contributed by atoms with E-state index in [1.54, 1.807) is 42.6 Å². The third-order valence-electron chi connectivity index (χ3n) is 8.05. The number of nitrogens with one attached hydrogen (secondary N) is 2. The molecule has 0 spiro atoms. The zero-order valence-electron chi connectivity index (χ0n) is 21.4. The standard InChI is InChI=1S/C30H34FN3O3S/c31-25-13-14-27-24(18-25)12-15-29(28(27)17-22-5-4-16-32-19-22)34-30(35)23-10-8-21(9-11-23)20-33-38(36,37)26-6-2-1-3-7-26/h1-7,13-14,16,18-19,21,23,28-29,33H,8-12,15,17,20H2,(H,34,35)/t21?,23?,28-,29+/m0/s1. The Labute approximate surface area is 224 Å². The molecule has 2 N–H and O–H groups in total. The number of hydrogen-bond donors (Lipinski definition) is 2. The van der Waals surface area contributed by atoms with Crippen LogP contribution < -0.4 is 10.0 Å². The number of amides is 1. The number of aromatic nitrogens is 1. The van der Waals surface area contributed by atoms with Crippen molar-refractivity contribution in [1.29, 1.82) is 0 Å². The normalized spacial score (nSPS) is 23.4. The van der Waals surface area contributed by atoms with E-state index in [-0.39, 0.29) is 40.4 Å². The fourth-order valence-electron chi connectivity index (χ4n) is 5.92. The number of pyridine rings is 1. The Balaban J connectivity index is 1.19. The first-order valence-electron chi connectivity index (χ1n) is 13.4. The van der Waals surface area contributed by atoms with E-state index in [1.165, 1.54) is 6.07 Å². The molecule has 0 bridgehead atoms. The molecule has 38 heavy (non-hydrogen) atoms. The summed E-state index contributed by atoms with van der Waals surface area (Å²) in [7, 11) is -3.53. The van der Waals surface area contributed by atoms with Crippen molar-refractivity contribution in [2.45, 2.75) is 61.8 Å². The maximum Gasteiger partial charge on any atom is 0.240 e. The summed E-state index contributed by atoms with van der Waals surface area (Å²) in [5, 5.41) is 3.34. The first-order valence-corrected chi connectivity index (χ1v) is 14.9. The van der Waals surface area contributed by atoms with E-state index in [9.17, 15) is 17.6 Å². The maximum absolute atomic E-state index is 13.9. The average molecular weight is 536 g/mol. The average Bonchev–Trinajstić information content (AvgIpc) is 2.94. The third-order valence-corrected chi connectivity index (χ3v) is 9.49. The summed E-state index contributed by atoms with van der Waals surface area (Å²) >= 11 is 0.